The Morgan fingerprint density at radius 3 is 2.73 bits per heavy atom. The number of carboxylic acids is 1. The van der Waals surface area contributed by atoms with Crippen LogP contribution in [0, 0.1) is 13.8 Å². The van der Waals surface area contributed by atoms with Crippen LogP contribution in [0.1, 0.15) is 23.0 Å². The Balaban J connectivity index is 2.02. The second kappa shape index (κ2) is 7.08. The normalized spacial score (nSPS) is 11.9. The molecule has 0 aliphatic rings. The maximum atomic E-state index is 12.0. The molecule has 7 nitrogen and oxygen atoms in total. The van der Waals surface area contributed by atoms with Crippen LogP contribution in [0.3, 0.4) is 0 Å². The van der Waals surface area contributed by atoms with Crippen LogP contribution < -0.4 is 5.32 Å². The van der Waals surface area contributed by atoms with E-state index in [-0.39, 0.29) is 11.7 Å². The number of aryl methyl sites for hydroxylation is 2. The quantitative estimate of drug-likeness (QED) is 0.695. The first-order valence-corrected chi connectivity index (χ1v) is 7.55. The van der Waals surface area contributed by atoms with E-state index in [1.807, 2.05) is 6.07 Å². The molecule has 0 aliphatic carbocycles. The fourth-order valence-corrected chi connectivity index (χ4v) is 2.69. The van der Waals surface area contributed by atoms with E-state index in [1.165, 1.54) is 11.8 Å². The van der Waals surface area contributed by atoms with Crippen molar-refractivity contribution >= 4 is 23.6 Å². The molecule has 2 rings (SSSR count). The van der Waals surface area contributed by atoms with Gasteiger partial charge in [-0.25, -0.2) is 9.78 Å². The summed E-state index contributed by atoms with van der Waals surface area (Å²) >= 11 is 1.25. The van der Waals surface area contributed by atoms with Gasteiger partial charge in [0.1, 0.15) is 0 Å². The van der Waals surface area contributed by atoms with Crippen LogP contribution in [0.15, 0.2) is 29.4 Å². The van der Waals surface area contributed by atoms with E-state index in [0.29, 0.717) is 22.0 Å². The van der Waals surface area contributed by atoms with E-state index in [9.17, 15) is 14.7 Å². The molecule has 22 heavy (non-hydrogen) atoms. The molecule has 0 aliphatic heterocycles. The highest BCUT2D eigenvalue weighted by atomic mass is 32.2. The zero-order valence-corrected chi connectivity index (χ0v) is 13.0. The number of aromatic amines is 1. The molecule has 0 saturated carbocycles. The average Bonchev–Trinajstić information content (AvgIpc) is 2.83. The highest BCUT2D eigenvalue weighted by molar-refractivity contribution is 7.99. The van der Waals surface area contributed by atoms with E-state index < -0.39 is 12.0 Å². The number of carboxylic acid groups (broad SMARTS) is 1. The van der Waals surface area contributed by atoms with Gasteiger partial charge < -0.3 is 10.4 Å². The van der Waals surface area contributed by atoms with Crippen LogP contribution in [0.2, 0.25) is 0 Å². The summed E-state index contributed by atoms with van der Waals surface area (Å²) in [5.41, 5.74) is 1.67. The fraction of sp³-hybridized carbons (Fsp3) is 0.286. The first kappa shape index (κ1) is 16.0. The molecule has 0 radical (unpaired) electrons. The van der Waals surface area contributed by atoms with Crippen molar-refractivity contribution < 1.29 is 14.7 Å². The van der Waals surface area contributed by atoms with Gasteiger partial charge in [0, 0.05) is 17.5 Å². The lowest BCUT2D eigenvalue weighted by Gasteiger charge is -2.15. The van der Waals surface area contributed by atoms with Gasteiger partial charge in [-0.05, 0) is 26.0 Å². The summed E-state index contributed by atoms with van der Waals surface area (Å²) in [4.78, 5) is 27.5. The minimum Gasteiger partial charge on any atom is -0.479 e. The van der Waals surface area contributed by atoms with Gasteiger partial charge in [-0.1, -0.05) is 17.8 Å². The molecule has 0 unspecified atom stereocenters. The smallest absolute Gasteiger partial charge is 0.331 e. The lowest BCUT2D eigenvalue weighted by atomic mass is 10.1. The second-order valence-corrected chi connectivity index (χ2v) is 5.64. The zero-order valence-electron chi connectivity index (χ0n) is 12.2. The number of pyridine rings is 1. The molecule has 1 atom stereocenters. The summed E-state index contributed by atoms with van der Waals surface area (Å²) in [7, 11) is 0. The van der Waals surface area contributed by atoms with Crippen LogP contribution in [-0.4, -0.2) is 37.9 Å². The van der Waals surface area contributed by atoms with E-state index in [2.05, 4.69) is 20.5 Å². The topological polar surface area (TPSA) is 108 Å². The lowest BCUT2D eigenvalue weighted by molar-refractivity contribution is -0.141. The molecular weight excluding hydrogens is 304 g/mol. The number of thioether (sulfide) groups is 1. The van der Waals surface area contributed by atoms with Gasteiger partial charge in [0.15, 0.2) is 6.04 Å². The minimum atomic E-state index is -1.12. The van der Waals surface area contributed by atoms with Crippen molar-refractivity contribution in [3.63, 3.8) is 0 Å². The third-order valence-corrected chi connectivity index (χ3v) is 3.96. The largest absolute Gasteiger partial charge is 0.479 e. The monoisotopic (exact) mass is 320 g/mol. The zero-order chi connectivity index (χ0) is 16.1. The van der Waals surface area contributed by atoms with Gasteiger partial charge in [0.25, 0.3) is 0 Å². The highest BCUT2D eigenvalue weighted by Crippen LogP contribution is 2.20. The molecule has 3 N–H and O–H groups in total. The summed E-state index contributed by atoms with van der Waals surface area (Å²) in [6.45, 7) is 3.42. The summed E-state index contributed by atoms with van der Waals surface area (Å²) in [6.07, 6.45) is 1.64. The number of nitrogens with zero attached hydrogens (tertiary/aromatic N) is 2. The summed E-state index contributed by atoms with van der Waals surface area (Å²) in [5, 5.41) is 19.3. The Hall–Kier alpha value is -2.35. The predicted octanol–water partition coefficient (Wildman–Crippen LogP) is 1.46. The number of aromatic nitrogens is 3. The summed E-state index contributed by atoms with van der Waals surface area (Å²) in [6, 6.07) is 4.29. The molecule has 0 saturated heterocycles. The number of rotatable bonds is 6. The number of carbonyl (C=O) groups excluding carboxylic acids is 1. The van der Waals surface area contributed by atoms with Crippen molar-refractivity contribution in [3.8, 4) is 0 Å². The van der Waals surface area contributed by atoms with E-state index in [1.54, 1.807) is 32.2 Å². The van der Waals surface area contributed by atoms with Crippen LogP contribution in [-0.2, 0) is 9.59 Å². The number of H-pyrrole nitrogens is 1. The molecule has 116 valence electrons. The molecule has 0 spiro atoms. The molecule has 1 amide bonds. The molecular formula is C14H16N4O3S. The van der Waals surface area contributed by atoms with Crippen molar-refractivity contribution in [2.24, 2.45) is 0 Å². The summed E-state index contributed by atoms with van der Waals surface area (Å²) < 4.78 is 0. The first-order valence-electron chi connectivity index (χ1n) is 6.56. The van der Waals surface area contributed by atoms with E-state index in [4.69, 9.17) is 0 Å². The van der Waals surface area contributed by atoms with E-state index >= 15 is 0 Å². The third kappa shape index (κ3) is 3.85. The van der Waals surface area contributed by atoms with Crippen LogP contribution >= 0.6 is 11.8 Å². The Morgan fingerprint density at radius 2 is 2.18 bits per heavy atom. The molecule has 0 bridgehead atoms. The van der Waals surface area contributed by atoms with Gasteiger partial charge in [0.2, 0.25) is 5.91 Å². The molecule has 2 heterocycles. The molecule has 0 fully saturated rings. The maximum Gasteiger partial charge on any atom is 0.331 e. The molecule has 8 heteroatoms. The summed E-state index contributed by atoms with van der Waals surface area (Å²) in [5.74, 6) is -1.40. The van der Waals surface area contributed by atoms with Gasteiger partial charge in [-0.15, -0.1) is 0 Å². The number of carbonyl (C=O) groups is 2. The van der Waals surface area contributed by atoms with Crippen molar-refractivity contribution in [1.29, 1.82) is 0 Å². The van der Waals surface area contributed by atoms with Gasteiger partial charge in [-0.2, -0.15) is 5.10 Å². The Kier molecular flexibility index (Phi) is 5.16. The van der Waals surface area contributed by atoms with Crippen LogP contribution in [0.4, 0.5) is 0 Å². The lowest BCUT2D eigenvalue weighted by Crippen LogP contribution is -2.35. The van der Waals surface area contributed by atoms with Gasteiger partial charge in [-0.3, -0.25) is 9.89 Å². The van der Waals surface area contributed by atoms with Crippen molar-refractivity contribution in [3.05, 3.63) is 41.3 Å². The molecule has 0 aromatic carbocycles. The highest BCUT2D eigenvalue weighted by Gasteiger charge is 2.27. The van der Waals surface area contributed by atoms with Crippen molar-refractivity contribution in [1.82, 2.24) is 20.5 Å². The Morgan fingerprint density at radius 1 is 1.41 bits per heavy atom. The maximum absolute atomic E-state index is 12.0. The predicted molar refractivity (Wildman–Crippen MR) is 81.5 cm³/mol. The van der Waals surface area contributed by atoms with Gasteiger partial charge >= 0.3 is 5.97 Å². The fourth-order valence-electron chi connectivity index (χ4n) is 2.02. The number of nitrogens with one attached hydrogen (secondary N) is 2. The van der Waals surface area contributed by atoms with Crippen LogP contribution in [0.25, 0.3) is 0 Å². The van der Waals surface area contributed by atoms with Crippen molar-refractivity contribution in [2.75, 3.05) is 5.75 Å². The van der Waals surface area contributed by atoms with Gasteiger partial charge in [0.05, 0.1) is 16.5 Å². The number of amides is 1. The van der Waals surface area contributed by atoms with Crippen molar-refractivity contribution in [2.45, 2.75) is 24.9 Å². The standard InChI is InChI=1S/C14H16N4O3S/c1-8-12(9(2)18-17-8)13(14(20)21)16-10(19)7-22-11-5-3-4-6-15-11/h3-6,13H,7H2,1-2H3,(H,16,19)(H,17,18)(H,20,21)/t13-/m0/s1. The SMILES string of the molecule is Cc1n[nH]c(C)c1[C@H](NC(=O)CSc1ccccn1)C(=O)O. The Labute approximate surface area is 131 Å². The Bertz CT molecular complexity index is 652. The number of hydrogen-bond acceptors (Lipinski definition) is 5. The molecule has 2 aromatic rings. The molecule has 2 aromatic heterocycles. The third-order valence-electron chi connectivity index (χ3n) is 3.01. The minimum absolute atomic E-state index is 0.0940. The second-order valence-electron chi connectivity index (χ2n) is 4.64. The first-order chi connectivity index (χ1) is 10.5. The van der Waals surface area contributed by atoms with Crippen LogP contribution in [0.5, 0.6) is 0 Å². The number of aliphatic carboxylic acids is 1. The average molecular weight is 320 g/mol. The number of hydrogen-bond donors (Lipinski definition) is 3. The van der Waals surface area contributed by atoms with E-state index in [0.717, 1.165) is 0 Å².